The molecule has 0 amide bonds. The van der Waals surface area contributed by atoms with E-state index in [1.54, 1.807) is 0 Å². The van der Waals surface area contributed by atoms with Gasteiger partial charge in [-0.1, -0.05) is 60.7 Å². The van der Waals surface area contributed by atoms with Gasteiger partial charge in [0.15, 0.2) is 0 Å². The summed E-state index contributed by atoms with van der Waals surface area (Å²) in [5.41, 5.74) is 8.51. The predicted octanol–water partition coefficient (Wildman–Crippen LogP) is 3.83. The molecule has 0 aromatic heterocycles. The Hall–Kier alpha value is -1.02. The first kappa shape index (κ1) is 16.0. The van der Waals surface area contributed by atoms with Crippen LogP contribution in [0.4, 0.5) is 0 Å². The number of nitrogens with two attached hydrogens (primary N) is 1. The number of rotatable bonds is 5. The third-order valence-corrected chi connectivity index (χ3v) is 3.60. The van der Waals surface area contributed by atoms with Crippen LogP contribution in [0.3, 0.4) is 0 Å². The minimum atomic E-state index is -0.385. The fraction of sp³-hybridized carbons (Fsp3) is 0.250. The van der Waals surface area contributed by atoms with Crippen molar-refractivity contribution in [3.8, 4) is 0 Å². The molecule has 19 heavy (non-hydrogen) atoms. The highest BCUT2D eigenvalue weighted by Crippen LogP contribution is 2.18. The summed E-state index contributed by atoms with van der Waals surface area (Å²) in [5.74, 6) is 0.455. The molecule has 2 aromatic rings. The van der Waals surface area contributed by atoms with Crippen LogP contribution >= 0.6 is 24.0 Å². The lowest BCUT2D eigenvalue weighted by Crippen LogP contribution is -2.46. The smallest absolute Gasteiger partial charge is 0.0410 e. The lowest BCUT2D eigenvalue weighted by atomic mass is 9.87. The van der Waals surface area contributed by atoms with Crippen LogP contribution in [0.25, 0.3) is 0 Å². The van der Waals surface area contributed by atoms with E-state index in [4.69, 9.17) is 17.3 Å². The Morgan fingerprint density at radius 3 is 1.47 bits per heavy atom. The van der Waals surface area contributed by atoms with Gasteiger partial charge in [-0.2, -0.15) is 0 Å². The van der Waals surface area contributed by atoms with Gasteiger partial charge in [-0.15, -0.1) is 24.0 Å². The molecule has 0 saturated carbocycles. The Kier molecular flexibility index (Phi) is 6.36. The zero-order valence-corrected chi connectivity index (χ0v) is 12.3. The second-order valence-electron chi connectivity index (χ2n) is 4.82. The minimum Gasteiger partial charge on any atom is -0.324 e. The normalized spacial score (nSPS) is 10.8. The molecule has 0 fully saturated rings. The van der Waals surface area contributed by atoms with Crippen LogP contribution in [0, 0.1) is 0 Å². The van der Waals surface area contributed by atoms with Crippen molar-refractivity contribution in [3.63, 3.8) is 0 Å². The number of benzene rings is 2. The van der Waals surface area contributed by atoms with Crippen LogP contribution in [0.15, 0.2) is 60.7 Å². The van der Waals surface area contributed by atoms with Crippen molar-refractivity contribution in [2.24, 2.45) is 5.73 Å². The van der Waals surface area contributed by atoms with E-state index in [1.165, 1.54) is 11.1 Å². The molecule has 0 unspecified atom stereocenters. The van der Waals surface area contributed by atoms with Crippen molar-refractivity contribution in [1.82, 2.24) is 0 Å². The standard InChI is InChI=1S/C16H18ClN.ClH/c17-13-16(18,11-14-7-3-1-4-8-14)12-15-9-5-2-6-10-15;/h1-10H,11-13,18H2;1H. The summed E-state index contributed by atoms with van der Waals surface area (Å²) < 4.78 is 0. The molecule has 0 saturated heterocycles. The zero-order chi connectivity index (χ0) is 12.8. The van der Waals surface area contributed by atoms with E-state index in [1.807, 2.05) is 36.4 Å². The molecule has 2 rings (SSSR count). The summed E-state index contributed by atoms with van der Waals surface area (Å²) in [6, 6.07) is 20.5. The van der Waals surface area contributed by atoms with Crippen LogP contribution < -0.4 is 5.73 Å². The first-order chi connectivity index (χ1) is 8.72. The topological polar surface area (TPSA) is 26.0 Å². The SMILES string of the molecule is Cl.NC(CCl)(Cc1ccccc1)Cc1ccccc1. The van der Waals surface area contributed by atoms with E-state index in [0.717, 1.165) is 12.8 Å². The Bertz CT molecular complexity index is 429. The third-order valence-electron chi connectivity index (χ3n) is 3.06. The second-order valence-corrected chi connectivity index (χ2v) is 5.09. The van der Waals surface area contributed by atoms with Crippen LogP contribution in [0.2, 0.25) is 0 Å². The molecule has 3 heteroatoms. The molecular weight excluding hydrogens is 277 g/mol. The van der Waals surface area contributed by atoms with Gasteiger partial charge in [0, 0.05) is 11.4 Å². The predicted molar refractivity (Wildman–Crippen MR) is 85.2 cm³/mol. The summed E-state index contributed by atoms with van der Waals surface area (Å²) in [7, 11) is 0. The first-order valence-corrected chi connectivity index (χ1v) is 6.68. The van der Waals surface area contributed by atoms with Gasteiger partial charge in [-0.3, -0.25) is 0 Å². The maximum Gasteiger partial charge on any atom is 0.0410 e. The van der Waals surface area contributed by atoms with Crippen molar-refractivity contribution in [2.75, 3.05) is 5.88 Å². The Labute approximate surface area is 126 Å². The maximum atomic E-state index is 6.43. The van der Waals surface area contributed by atoms with Gasteiger partial charge in [-0.25, -0.2) is 0 Å². The Morgan fingerprint density at radius 1 is 0.789 bits per heavy atom. The monoisotopic (exact) mass is 295 g/mol. The van der Waals surface area contributed by atoms with Crippen molar-refractivity contribution < 1.29 is 0 Å². The Morgan fingerprint density at radius 2 is 1.16 bits per heavy atom. The van der Waals surface area contributed by atoms with Crippen molar-refractivity contribution >= 4 is 24.0 Å². The number of hydrogen-bond donors (Lipinski definition) is 1. The van der Waals surface area contributed by atoms with Gasteiger partial charge >= 0.3 is 0 Å². The molecule has 0 aliphatic rings. The van der Waals surface area contributed by atoms with Gasteiger partial charge in [0.05, 0.1) is 0 Å². The zero-order valence-electron chi connectivity index (χ0n) is 10.8. The van der Waals surface area contributed by atoms with Crippen molar-refractivity contribution in [3.05, 3.63) is 71.8 Å². The minimum absolute atomic E-state index is 0. The summed E-state index contributed by atoms with van der Waals surface area (Å²) in [6.07, 6.45) is 1.60. The molecule has 0 aliphatic carbocycles. The summed E-state index contributed by atoms with van der Waals surface area (Å²) in [6.45, 7) is 0. The first-order valence-electron chi connectivity index (χ1n) is 6.15. The summed E-state index contributed by atoms with van der Waals surface area (Å²) >= 11 is 6.08. The highest BCUT2D eigenvalue weighted by atomic mass is 35.5. The molecule has 0 aliphatic heterocycles. The summed E-state index contributed by atoms with van der Waals surface area (Å²) in [5, 5.41) is 0. The third kappa shape index (κ3) is 4.87. The van der Waals surface area contributed by atoms with E-state index in [9.17, 15) is 0 Å². The Balaban J connectivity index is 0.00000180. The van der Waals surface area contributed by atoms with Crippen molar-refractivity contribution in [2.45, 2.75) is 18.4 Å². The van der Waals surface area contributed by atoms with E-state index >= 15 is 0 Å². The highest BCUT2D eigenvalue weighted by Gasteiger charge is 2.24. The van der Waals surface area contributed by atoms with Gasteiger partial charge in [-0.05, 0) is 24.0 Å². The average molecular weight is 296 g/mol. The maximum absolute atomic E-state index is 6.43. The van der Waals surface area contributed by atoms with Gasteiger partial charge < -0.3 is 5.73 Å². The van der Waals surface area contributed by atoms with Gasteiger partial charge in [0.25, 0.3) is 0 Å². The van der Waals surface area contributed by atoms with E-state index in [2.05, 4.69) is 24.3 Å². The quantitative estimate of drug-likeness (QED) is 0.834. The van der Waals surface area contributed by atoms with Gasteiger partial charge in [0.2, 0.25) is 0 Å². The molecule has 1 nitrogen and oxygen atoms in total. The number of hydrogen-bond acceptors (Lipinski definition) is 1. The highest BCUT2D eigenvalue weighted by molar-refractivity contribution is 6.18. The van der Waals surface area contributed by atoms with Crippen LogP contribution in [0.5, 0.6) is 0 Å². The summed E-state index contributed by atoms with van der Waals surface area (Å²) in [4.78, 5) is 0. The lowest BCUT2D eigenvalue weighted by molar-refractivity contribution is 0.469. The largest absolute Gasteiger partial charge is 0.324 e. The van der Waals surface area contributed by atoms with E-state index in [0.29, 0.717) is 5.88 Å². The van der Waals surface area contributed by atoms with Crippen molar-refractivity contribution in [1.29, 1.82) is 0 Å². The van der Waals surface area contributed by atoms with Gasteiger partial charge in [0.1, 0.15) is 0 Å². The molecule has 2 aromatic carbocycles. The van der Waals surface area contributed by atoms with Crippen LogP contribution in [-0.2, 0) is 12.8 Å². The lowest BCUT2D eigenvalue weighted by Gasteiger charge is -2.27. The molecule has 0 heterocycles. The number of halogens is 2. The van der Waals surface area contributed by atoms with Crippen LogP contribution in [-0.4, -0.2) is 11.4 Å². The number of alkyl halides is 1. The molecule has 2 N–H and O–H groups in total. The molecular formula is C16H19Cl2N. The van der Waals surface area contributed by atoms with E-state index in [-0.39, 0.29) is 17.9 Å². The van der Waals surface area contributed by atoms with E-state index < -0.39 is 0 Å². The molecule has 0 radical (unpaired) electrons. The average Bonchev–Trinajstić information content (AvgIpc) is 2.41. The molecule has 102 valence electrons. The fourth-order valence-corrected chi connectivity index (χ4v) is 2.35. The molecule has 0 spiro atoms. The second kappa shape index (κ2) is 7.54. The molecule has 0 atom stereocenters. The molecule has 0 bridgehead atoms. The fourth-order valence-electron chi connectivity index (χ4n) is 2.16. The van der Waals surface area contributed by atoms with Crippen LogP contribution in [0.1, 0.15) is 11.1 Å².